The molecular formula is C25H19Cl3N4O4. The first-order valence-corrected chi connectivity index (χ1v) is 11.8. The van der Waals surface area contributed by atoms with E-state index in [2.05, 4.69) is 10.4 Å². The molecule has 0 aliphatic carbocycles. The quantitative estimate of drug-likeness (QED) is 0.191. The van der Waals surface area contributed by atoms with Crippen molar-refractivity contribution in [3.8, 4) is 5.75 Å². The van der Waals surface area contributed by atoms with Crippen molar-refractivity contribution in [2.24, 2.45) is 0 Å². The second-order valence-electron chi connectivity index (χ2n) is 7.89. The van der Waals surface area contributed by atoms with Crippen LogP contribution in [0.15, 0.2) is 66.7 Å². The highest BCUT2D eigenvalue weighted by atomic mass is 35.5. The van der Waals surface area contributed by atoms with E-state index in [-0.39, 0.29) is 23.2 Å². The molecule has 0 fully saturated rings. The van der Waals surface area contributed by atoms with Gasteiger partial charge in [-0.15, -0.1) is 0 Å². The lowest BCUT2D eigenvalue weighted by molar-refractivity contribution is -0.384. The molecule has 0 saturated carbocycles. The number of carbonyl (C=O) groups excluding carboxylic acids is 1. The van der Waals surface area contributed by atoms with Gasteiger partial charge in [-0.1, -0.05) is 53.0 Å². The highest BCUT2D eigenvalue weighted by molar-refractivity contribution is 6.42. The van der Waals surface area contributed by atoms with Gasteiger partial charge in [-0.05, 0) is 48.4 Å². The Morgan fingerprint density at radius 3 is 2.36 bits per heavy atom. The number of anilines is 1. The van der Waals surface area contributed by atoms with Crippen LogP contribution in [0.4, 0.5) is 11.5 Å². The predicted octanol–water partition coefficient (Wildman–Crippen LogP) is 6.94. The minimum Gasteiger partial charge on any atom is -0.487 e. The standard InChI is InChI=1S/C25H19Cl3N4O4/c1-15-10-24(30-31(15)13-17-4-8-20(26)21(27)11-17)29-25(33)18-5-2-16(3-6-18)14-36-23-9-7-19(32(34)35)12-22(23)28/h2-12H,13-14H2,1H3,(H,29,30,33). The summed E-state index contributed by atoms with van der Waals surface area (Å²) in [7, 11) is 0. The van der Waals surface area contributed by atoms with Crippen molar-refractivity contribution in [1.82, 2.24) is 9.78 Å². The molecule has 11 heteroatoms. The maximum absolute atomic E-state index is 12.7. The van der Waals surface area contributed by atoms with Gasteiger partial charge in [0.1, 0.15) is 12.4 Å². The van der Waals surface area contributed by atoms with Gasteiger partial charge in [0.2, 0.25) is 0 Å². The molecule has 0 aliphatic heterocycles. The Morgan fingerprint density at radius 2 is 1.69 bits per heavy atom. The molecule has 0 bridgehead atoms. The van der Waals surface area contributed by atoms with Gasteiger partial charge in [0.05, 0.1) is 26.5 Å². The minimum atomic E-state index is -0.527. The van der Waals surface area contributed by atoms with E-state index in [1.54, 1.807) is 47.1 Å². The molecule has 36 heavy (non-hydrogen) atoms. The zero-order chi connectivity index (χ0) is 25.8. The largest absolute Gasteiger partial charge is 0.487 e. The zero-order valence-corrected chi connectivity index (χ0v) is 21.1. The number of nitrogens with one attached hydrogen (secondary N) is 1. The Labute approximate surface area is 221 Å². The molecule has 1 amide bonds. The van der Waals surface area contributed by atoms with E-state index in [0.29, 0.717) is 33.7 Å². The number of ether oxygens (including phenoxy) is 1. The van der Waals surface area contributed by atoms with Crippen molar-refractivity contribution in [3.05, 3.63) is 114 Å². The summed E-state index contributed by atoms with van der Waals surface area (Å²) in [6, 6.07) is 18.0. The Hall–Kier alpha value is -3.59. The molecule has 0 atom stereocenters. The van der Waals surface area contributed by atoms with E-state index in [9.17, 15) is 14.9 Å². The van der Waals surface area contributed by atoms with Crippen LogP contribution < -0.4 is 10.1 Å². The summed E-state index contributed by atoms with van der Waals surface area (Å²) in [4.78, 5) is 23.0. The van der Waals surface area contributed by atoms with Crippen LogP contribution in [0.25, 0.3) is 0 Å². The van der Waals surface area contributed by atoms with Crippen LogP contribution in [0.3, 0.4) is 0 Å². The lowest BCUT2D eigenvalue weighted by atomic mass is 10.1. The smallest absolute Gasteiger partial charge is 0.271 e. The van der Waals surface area contributed by atoms with Crippen molar-refractivity contribution in [1.29, 1.82) is 0 Å². The summed E-state index contributed by atoms with van der Waals surface area (Å²) in [6.45, 7) is 2.55. The van der Waals surface area contributed by atoms with Crippen LogP contribution in [0.5, 0.6) is 5.75 Å². The maximum Gasteiger partial charge on any atom is 0.271 e. The number of amides is 1. The third kappa shape index (κ3) is 6.15. The predicted molar refractivity (Wildman–Crippen MR) is 139 cm³/mol. The Bertz CT molecular complexity index is 1440. The van der Waals surface area contributed by atoms with Gasteiger partial charge in [-0.3, -0.25) is 19.6 Å². The Kier molecular flexibility index (Phi) is 7.79. The number of aryl methyl sites for hydroxylation is 1. The van der Waals surface area contributed by atoms with Gasteiger partial charge in [-0.2, -0.15) is 5.10 Å². The molecule has 0 spiro atoms. The molecule has 0 saturated heterocycles. The number of hydrogen-bond donors (Lipinski definition) is 1. The fourth-order valence-corrected chi connectivity index (χ4v) is 3.91. The monoisotopic (exact) mass is 544 g/mol. The van der Waals surface area contributed by atoms with E-state index in [0.717, 1.165) is 16.8 Å². The number of non-ortho nitro benzene ring substituents is 1. The first kappa shape index (κ1) is 25.5. The molecule has 3 aromatic carbocycles. The molecule has 4 rings (SSSR count). The van der Waals surface area contributed by atoms with Crippen LogP contribution in [-0.2, 0) is 13.2 Å². The van der Waals surface area contributed by atoms with Gasteiger partial charge in [-0.25, -0.2) is 0 Å². The average molecular weight is 546 g/mol. The number of halogens is 3. The third-order valence-corrected chi connectivity index (χ3v) is 6.31. The normalized spacial score (nSPS) is 10.8. The maximum atomic E-state index is 12.7. The summed E-state index contributed by atoms with van der Waals surface area (Å²) < 4.78 is 7.41. The molecule has 184 valence electrons. The van der Waals surface area contributed by atoms with Crippen LogP contribution in [0.2, 0.25) is 15.1 Å². The summed E-state index contributed by atoms with van der Waals surface area (Å²) in [6.07, 6.45) is 0. The SMILES string of the molecule is Cc1cc(NC(=O)c2ccc(COc3ccc([N+](=O)[O-])cc3Cl)cc2)nn1Cc1ccc(Cl)c(Cl)c1. The number of hydrogen-bond acceptors (Lipinski definition) is 5. The molecule has 0 unspecified atom stereocenters. The van der Waals surface area contributed by atoms with Crippen molar-refractivity contribution < 1.29 is 14.5 Å². The highest BCUT2D eigenvalue weighted by Crippen LogP contribution is 2.29. The number of carbonyl (C=O) groups is 1. The Balaban J connectivity index is 1.36. The van der Waals surface area contributed by atoms with Gasteiger partial charge in [0.15, 0.2) is 5.82 Å². The van der Waals surface area contributed by atoms with E-state index in [4.69, 9.17) is 39.5 Å². The molecule has 0 aliphatic rings. The summed E-state index contributed by atoms with van der Waals surface area (Å²) in [5, 5.41) is 19.2. The highest BCUT2D eigenvalue weighted by Gasteiger charge is 2.13. The van der Waals surface area contributed by atoms with Gasteiger partial charge in [0, 0.05) is 29.5 Å². The number of nitro groups is 1. The number of benzene rings is 3. The fraction of sp³-hybridized carbons (Fsp3) is 0.120. The number of aromatic nitrogens is 2. The number of nitrogens with zero attached hydrogens (tertiary/aromatic N) is 3. The summed E-state index contributed by atoms with van der Waals surface area (Å²) in [5.74, 6) is 0.453. The van der Waals surface area contributed by atoms with Crippen LogP contribution >= 0.6 is 34.8 Å². The molecule has 0 radical (unpaired) electrons. The molecule has 1 N–H and O–H groups in total. The van der Waals surface area contributed by atoms with Crippen molar-refractivity contribution in [2.45, 2.75) is 20.1 Å². The fourth-order valence-electron chi connectivity index (χ4n) is 3.36. The van der Waals surface area contributed by atoms with Crippen molar-refractivity contribution in [3.63, 3.8) is 0 Å². The first-order chi connectivity index (χ1) is 17.2. The second-order valence-corrected chi connectivity index (χ2v) is 9.11. The summed E-state index contributed by atoms with van der Waals surface area (Å²) >= 11 is 18.1. The topological polar surface area (TPSA) is 99.3 Å². The van der Waals surface area contributed by atoms with Crippen LogP contribution in [-0.4, -0.2) is 20.6 Å². The van der Waals surface area contributed by atoms with E-state index < -0.39 is 4.92 Å². The number of rotatable bonds is 8. The van der Waals surface area contributed by atoms with Gasteiger partial charge in [0.25, 0.3) is 11.6 Å². The Morgan fingerprint density at radius 1 is 0.972 bits per heavy atom. The van der Waals surface area contributed by atoms with Crippen LogP contribution in [0.1, 0.15) is 27.2 Å². The zero-order valence-electron chi connectivity index (χ0n) is 18.9. The van der Waals surface area contributed by atoms with Crippen LogP contribution in [0, 0.1) is 17.0 Å². The molecule has 4 aromatic rings. The van der Waals surface area contributed by atoms with E-state index in [1.165, 1.54) is 18.2 Å². The second kappa shape index (κ2) is 11.0. The lowest BCUT2D eigenvalue weighted by Crippen LogP contribution is -2.13. The minimum absolute atomic E-state index is 0.114. The molecule has 1 heterocycles. The van der Waals surface area contributed by atoms with Crippen molar-refractivity contribution >= 4 is 52.2 Å². The molecular weight excluding hydrogens is 527 g/mol. The first-order valence-electron chi connectivity index (χ1n) is 10.6. The third-order valence-electron chi connectivity index (χ3n) is 5.28. The summed E-state index contributed by atoms with van der Waals surface area (Å²) in [5.41, 5.74) is 2.93. The lowest BCUT2D eigenvalue weighted by Gasteiger charge is -2.09. The van der Waals surface area contributed by atoms with Crippen molar-refractivity contribution in [2.75, 3.05) is 5.32 Å². The molecule has 8 nitrogen and oxygen atoms in total. The molecule has 1 aromatic heterocycles. The van der Waals surface area contributed by atoms with Gasteiger partial charge >= 0.3 is 0 Å². The average Bonchev–Trinajstić information content (AvgIpc) is 3.19. The van der Waals surface area contributed by atoms with E-state index >= 15 is 0 Å². The van der Waals surface area contributed by atoms with Gasteiger partial charge < -0.3 is 10.1 Å². The number of nitro benzene ring substituents is 1. The van der Waals surface area contributed by atoms with E-state index in [1.807, 2.05) is 13.0 Å².